The summed E-state index contributed by atoms with van der Waals surface area (Å²) in [5, 5.41) is 2.85. The summed E-state index contributed by atoms with van der Waals surface area (Å²) in [6, 6.07) is 7.66. The van der Waals surface area contributed by atoms with E-state index in [0.717, 1.165) is 16.2 Å². The lowest BCUT2D eigenvalue weighted by molar-refractivity contribution is -0.862. The van der Waals surface area contributed by atoms with Crippen LogP contribution in [-0.4, -0.2) is 63.2 Å². The van der Waals surface area contributed by atoms with Crippen molar-refractivity contribution in [2.24, 2.45) is 0 Å². The van der Waals surface area contributed by atoms with E-state index in [1.54, 1.807) is 4.90 Å². The number of ether oxygens (including phenoxy) is 1. The molecule has 0 saturated carbocycles. The first-order valence-electron chi connectivity index (χ1n) is 7.58. The second kappa shape index (κ2) is 7.91. The van der Waals surface area contributed by atoms with E-state index in [9.17, 15) is 9.59 Å². The molecule has 1 aliphatic heterocycles. The van der Waals surface area contributed by atoms with Gasteiger partial charge in [-0.1, -0.05) is 17.7 Å². The van der Waals surface area contributed by atoms with Gasteiger partial charge in [-0.3, -0.25) is 9.59 Å². The van der Waals surface area contributed by atoms with E-state index in [-0.39, 0.29) is 18.4 Å². The summed E-state index contributed by atoms with van der Waals surface area (Å²) in [4.78, 5) is 26.8. The van der Waals surface area contributed by atoms with Crippen molar-refractivity contribution in [2.75, 3.05) is 51.8 Å². The molecule has 2 N–H and O–H groups in total. The molecule has 6 nitrogen and oxygen atoms in total. The van der Waals surface area contributed by atoms with Crippen LogP contribution < -0.4 is 10.2 Å². The number of benzene rings is 1. The third-order valence-electron chi connectivity index (χ3n) is 3.61. The van der Waals surface area contributed by atoms with Gasteiger partial charge in [0.1, 0.15) is 0 Å². The molecule has 2 rings (SSSR count). The molecular formula is C16H24N3O3+. The minimum absolute atomic E-state index is 0.0731. The lowest BCUT2D eigenvalue weighted by Gasteiger charge is -2.27. The lowest BCUT2D eigenvalue weighted by Crippen LogP contribution is -3.11. The van der Waals surface area contributed by atoms with Crippen LogP contribution in [0.1, 0.15) is 5.56 Å². The predicted molar refractivity (Wildman–Crippen MR) is 83.8 cm³/mol. The maximum atomic E-state index is 12.1. The molecule has 6 heteroatoms. The van der Waals surface area contributed by atoms with E-state index in [2.05, 4.69) is 5.32 Å². The monoisotopic (exact) mass is 306 g/mol. The summed E-state index contributed by atoms with van der Waals surface area (Å²) in [5.74, 6) is -0.0138. The number of carbonyl (C=O) groups excluding carboxylic acids is 2. The van der Waals surface area contributed by atoms with Crippen LogP contribution in [0.5, 0.6) is 0 Å². The fourth-order valence-corrected chi connectivity index (χ4v) is 2.36. The number of nitrogens with zero attached hydrogens (tertiary/aromatic N) is 1. The topological polar surface area (TPSA) is 63.1 Å². The predicted octanol–water partition coefficient (Wildman–Crippen LogP) is -0.693. The van der Waals surface area contributed by atoms with Gasteiger partial charge in [0.15, 0.2) is 13.1 Å². The molecule has 0 aliphatic carbocycles. The van der Waals surface area contributed by atoms with E-state index < -0.39 is 0 Å². The Morgan fingerprint density at radius 3 is 2.45 bits per heavy atom. The first-order chi connectivity index (χ1) is 10.5. The summed E-state index contributed by atoms with van der Waals surface area (Å²) < 4.78 is 5.23. The largest absolute Gasteiger partial charge is 0.378 e. The number of morpholine rings is 1. The third kappa shape index (κ3) is 5.13. The molecule has 1 fully saturated rings. The van der Waals surface area contributed by atoms with E-state index in [4.69, 9.17) is 4.74 Å². The van der Waals surface area contributed by atoms with Crippen LogP contribution in [0, 0.1) is 6.92 Å². The molecule has 1 aromatic rings. The van der Waals surface area contributed by atoms with Crippen molar-refractivity contribution >= 4 is 17.5 Å². The highest BCUT2D eigenvalue weighted by Crippen LogP contribution is 2.07. The fraction of sp³-hybridized carbons (Fsp3) is 0.500. The molecule has 1 unspecified atom stereocenters. The van der Waals surface area contributed by atoms with Gasteiger partial charge < -0.3 is 19.9 Å². The molecule has 22 heavy (non-hydrogen) atoms. The average molecular weight is 306 g/mol. The molecule has 1 heterocycles. The Morgan fingerprint density at radius 2 is 1.82 bits per heavy atom. The van der Waals surface area contributed by atoms with Crippen molar-refractivity contribution in [3.05, 3.63) is 29.8 Å². The van der Waals surface area contributed by atoms with Gasteiger partial charge in [-0.15, -0.1) is 0 Å². The summed E-state index contributed by atoms with van der Waals surface area (Å²) in [6.45, 7) is 5.06. The van der Waals surface area contributed by atoms with Crippen LogP contribution in [-0.2, 0) is 14.3 Å². The number of anilines is 1. The maximum Gasteiger partial charge on any atom is 0.279 e. The highest BCUT2D eigenvalue weighted by molar-refractivity contribution is 5.91. The zero-order valence-electron chi connectivity index (χ0n) is 13.2. The van der Waals surface area contributed by atoms with Gasteiger partial charge in [-0.2, -0.15) is 0 Å². The average Bonchev–Trinajstić information content (AvgIpc) is 2.50. The number of hydrogen-bond donors (Lipinski definition) is 2. The molecule has 120 valence electrons. The Balaban J connectivity index is 1.75. The molecule has 1 aliphatic rings. The molecule has 1 saturated heterocycles. The van der Waals surface area contributed by atoms with E-state index in [0.29, 0.717) is 32.8 Å². The number of aryl methyl sites for hydroxylation is 1. The van der Waals surface area contributed by atoms with Crippen molar-refractivity contribution in [3.8, 4) is 0 Å². The van der Waals surface area contributed by atoms with Crippen LogP contribution in [0.4, 0.5) is 5.69 Å². The van der Waals surface area contributed by atoms with Crippen LogP contribution in [0.25, 0.3) is 0 Å². The van der Waals surface area contributed by atoms with Crippen LogP contribution >= 0.6 is 0 Å². The van der Waals surface area contributed by atoms with Crippen LogP contribution in [0.2, 0.25) is 0 Å². The third-order valence-corrected chi connectivity index (χ3v) is 3.61. The van der Waals surface area contributed by atoms with Crippen molar-refractivity contribution in [1.29, 1.82) is 0 Å². The van der Waals surface area contributed by atoms with Gasteiger partial charge in [0.2, 0.25) is 0 Å². The van der Waals surface area contributed by atoms with Gasteiger partial charge >= 0.3 is 0 Å². The molecule has 0 aromatic heterocycles. The Morgan fingerprint density at radius 1 is 1.18 bits per heavy atom. The van der Waals surface area contributed by atoms with Crippen molar-refractivity contribution in [1.82, 2.24) is 4.90 Å². The lowest BCUT2D eigenvalue weighted by atomic mass is 10.2. The number of hydrogen-bond acceptors (Lipinski definition) is 3. The van der Waals surface area contributed by atoms with Crippen molar-refractivity contribution in [2.45, 2.75) is 6.92 Å². The zero-order valence-corrected chi connectivity index (χ0v) is 13.2. The van der Waals surface area contributed by atoms with Gasteiger partial charge in [-0.05, 0) is 19.1 Å². The van der Waals surface area contributed by atoms with E-state index in [1.165, 1.54) is 0 Å². The number of rotatable bonds is 5. The Kier molecular flexibility index (Phi) is 5.91. The number of nitrogens with one attached hydrogen (secondary N) is 2. The molecule has 1 aromatic carbocycles. The van der Waals surface area contributed by atoms with Crippen molar-refractivity contribution in [3.63, 3.8) is 0 Å². The molecule has 0 bridgehead atoms. The van der Waals surface area contributed by atoms with Gasteiger partial charge in [0.25, 0.3) is 11.8 Å². The van der Waals surface area contributed by atoms with Gasteiger partial charge in [-0.25, -0.2) is 0 Å². The van der Waals surface area contributed by atoms with Crippen LogP contribution in [0.15, 0.2) is 24.3 Å². The number of quaternary nitrogens is 1. The summed E-state index contributed by atoms with van der Waals surface area (Å²) in [5.41, 5.74) is 1.93. The highest BCUT2D eigenvalue weighted by atomic mass is 16.5. The highest BCUT2D eigenvalue weighted by Gasteiger charge is 2.21. The Hall–Kier alpha value is -1.92. The second-order valence-corrected chi connectivity index (χ2v) is 5.72. The first kappa shape index (κ1) is 16.5. The van der Waals surface area contributed by atoms with E-state index in [1.807, 2.05) is 38.2 Å². The van der Waals surface area contributed by atoms with Crippen LogP contribution in [0.3, 0.4) is 0 Å². The summed E-state index contributed by atoms with van der Waals surface area (Å²) in [6.07, 6.45) is 0. The minimum atomic E-state index is -0.0869. The summed E-state index contributed by atoms with van der Waals surface area (Å²) >= 11 is 0. The number of carbonyl (C=O) groups is 2. The SMILES string of the molecule is Cc1ccc(NC(=O)C[NH+](C)CC(=O)N2CCOCC2)cc1. The Labute approximate surface area is 131 Å². The quantitative estimate of drug-likeness (QED) is 0.757. The Bertz CT molecular complexity index is 510. The zero-order chi connectivity index (χ0) is 15.9. The number of amides is 2. The molecule has 0 radical (unpaired) electrons. The number of likely N-dealkylation sites (N-methyl/N-ethyl adjacent to an activating group) is 1. The fourth-order valence-electron chi connectivity index (χ4n) is 2.36. The maximum absolute atomic E-state index is 12.1. The second-order valence-electron chi connectivity index (χ2n) is 5.72. The summed E-state index contributed by atoms with van der Waals surface area (Å²) in [7, 11) is 1.85. The molecule has 0 spiro atoms. The smallest absolute Gasteiger partial charge is 0.279 e. The normalized spacial score (nSPS) is 16.2. The molecule has 1 atom stereocenters. The molecule has 2 amide bonds. The van der Waals surface area contributed by atoms with Gasteiger partial charge in [0.05, 0.1) is 20.3 Å². The standard InChI is InChI=1S/C16H23N3O3/c1-13-3-5-14(6-4-13)17-15(20)11-18(2)12-16(21)19-7-9-22-10-8-19/h3-6H,7-12H2,1-2H3,(H,17,20)/p+1. The van der Waals surface area contributed by atoms with Crippen molar-refractivity contribution < 1.29 is 19.2 Å². The first-order valence-corrected chi connectivity index (χ1v) is 7.58. The minimum Gasteiger partial charge on any atom is -0.378 e. The van der Waals surface area contributed by atoms with E-state index >= 15 is 0 Å². The molecular weight excluding hydrogens is 282 g/mol. The van der Waals surface area contributed by atoms with Gasteiger partial charge in [0, 0.05) is 18.8 Å².